The van der Waals surface area contributed by atoms with Crippen LogP contribution in [0, 0.1) is 17.2 Å². The predicted molar refractivity (Wildman–Crippen MR) is 90.0 cm³/mol. The van der Waals surface area contributed by atoms with Crippen molar-refractivity contribution in [2.45, 2.75) is 19.4 Å². The van der Waals surface area contributed by atoms with Crippen molar-refractivity contribution in [1.29, 1.82) is 5.26 Å². The highest BCUT2D eigenvalue weighted by molar-refractivity contribution is 7.86. The zero-order valence-corrected chi connectivity index (χ0v) is 14.3. The highest BCUT2D eigenvalue weighted by Gasteiger charge is 2.29. The van der Waals surface area contributed by atoms with Crippen molar-refractivity contribution >= 4 is 26.8 Å². The zero-order valence-electron chi connectivity index (χ0n) is 13.5. The Balaban J connectivity index is 1.99. The van der Waals surface area contributed by atoms with Crippen molar-refractivity contribution in [2.75, 3.05) is 24.2 Å². The summed E-state index contributed by atoms with van der Waals surface area (Å²) in [6.45, 7) is 3.28. The summed E-state index contributed by atoms with van der Waals surface area (Å²) in [7, 11) is -3.50. The first-order valence-corrected chi connectivity index (χ1v) is 9.46. The first kappa shape index (κ1) is 16.6. The maximum atomic E-state index is 11.4. The minimum absolute atomic E-state index is 0.271. The van der Waals surface area contributed by atoms with Crippen LogP contribution in [0.25, 0.3) is 11.0 Å². The molecule has 3 rings (SSSR count). The van der Waals surface area contributed by atoms with Crippen LogP contribution in [-0.4, -0.2) is 43.8 Å². The Labute approximate surface area is 141 Å². The standard InChI is InChI=1S/C16H18N4O3S/c1-11-7-13(23-24(2,21)22)10-20(9-11)14-4-3-12(8-17)15-16(14)19-6-5-18-15/h3-6,11,13H,7,9-10H2,1-2H3/t11-,13-/m1/s1. The smallest absolute Gasteiger partial charge is 0.264 e. The monoisotopic (exact) mass is 346 g/mol. The SMILES string of the molecule is C[C@@H]1C[C@@H](OS(C)(=O)=O)CN(c2ccc(C#N)c3nccnc23)C1. The third kappa shape index (κ3) is 3.47. The van der Waals surface area contributed by atoms with Crippen molar-refractivity contribution in [2.24, 2.45) is 5.92 Å². The molecule has 0 spiro atoms. The quantitative estimate of drug-likeness (QED) is 0.780. The van der Waals surface area contributed by atoms with E-state index in [9.17, 15) is 13.7 Å². The Morgan fingerprint density at radius 3 is 2.62 bits per heavy atom. The van der Waals surface area contributed by atoms with Gasteiger partial charge in [0.05, 0.1) is 23.6 Å². The number of anilines is 1. The molecule has 2 aromatic rings. The van der Waals surface area contributed by atoms with Gasteiger partial charge in [0.2, 0.25) is 0 Å². The van der Waals surface area contributed by atoms with E-state index in [0.717, 1.165) is 18.5 Å². The molecule has 1 aromatic heterocycles. The maximum Gasteiger partial charge on any atom is 0.264 e. The highest BCUT2D eigenvalue weighted by Crippen LogP contribution is 2.30. The largest absolute Gasteiger partial charge is 0.367 e. The predicted octanol–water partition coefficient (Wildman–Crippen LogP) is 1.69. The van der Waals surface area contributed by atoms with E-state index in [1.807, 2.05) is 6.07 Å². The molecule has 2 heterocycles. The van der Waals surface area contributed by atoms with Gasteiger partial charge in [-0.1, -0.05) is 6.92 Å². The van der Waals surface area contributed by atoms with E-state index in [2.05, 4.69) is 27.9 Å². The Hall–Kier alpha value is -2.24. The van der Waals surface area contributed by atoms with Gasteiger partial charge in [-0.3, -0.25) is 14.2 Å². The van der Waals surface area contributed by atoms with Crippen LogP contribution in [0.3, 0.4) is 0 Å². The van der Waals surface area contributed by atoms with Crippen LogP contribution in [0.2, 0.25) is 0 Å². The molecule has 1 fully saturated rings. The zero-order chi connectivity index (χ0) is 17.3. The number of nitriles is 1. The fourth-order valence-corrected chi connectivity index (χ4v) is 3.83. The number of benzene rings is 1. The van der Waals surface area contributed by atoms with Crippen LogP contribution >= 0.6 is 0 Å². The van der Waals surface area contributed by atoms with Gasteiger partial charge in [0.1, 0.15) is 17.1 Å². The molecule has 8 heteroatoms. The summed E-state index contributed by atoms with van der Waals surface area (Å²) >= 11 is 0. The molecule has 24 heavy (non-hydrogen) atoms. The molecule has 2 atom stereocenters. The highest BCUT2D eigenvalue weighted by atomic mass is 32.2. The molecule has 0 unspecified atom stereocenters. The minimum Gasteiger partial charge on any atom is -0.367 e. The third-order valence-electron chi connectivity index (χ3n) is 4.00. The summed E-state index contributed by atoms with van der Waals surface area (Å²) in [5, 5.41) is 9.23. The molecule has 0 N–H and O–H groups in total. The van der Waals surface area contributed by atoms with Gasteiger partial charge < -0.3 is 4.90 Å². The van der Waals surface area contributed by atoms with Crippen LogP contribution in [0.5, 0.6) is 0 Å². The fraction of sp³-hybridized carbons (Fsp3) is 0.438. The van der Waals surface area contributed by atoms with E-state index < -0.39 is 16.2 Å². The summed E-state index contributed by atoms with van der Waals surface area (Å²) in [6.07, 6.45) is 4.50. The number of rotatable bonds is 3. The van der Waals surface area contributed by atoms with Gasteiger partial charge in [-0.2, -0.15) is 13.7 Å². The van der Waals surface area contributed by atoms with Crippen molar-refractivity contribution in [3.05, 3.63) is 30.1 Å². The van der Waals surface area contributed by atoms with E-state index in [0.29, 0.717) is 29.6 Å². The van der Waals surface area contributed by atoms with Gasteiger partial charge in [0, 0.05) is 25.5 Å². The molecule has 1 aliphatic rings. The first-order chi connectivity index (χ1) is 11.4. The summed E-state index contributed by atoms with van der Waals surface area (Å²) < 4.78 is 28.1. The molecular weight excluding hydrogens is 328 g/mol. The number of nitrogens with zero attached hydrogens (tertiary/aromatic N) is 4. The second kappa shape index (κ2) is 6.34. The van der Waals surface area contributed by atoms with Gasteiger partial charge in [0.25, 0.3) is 10.1 Å². The first-order valence-electron chi connectivity index (χ1n) is 7.64. The average molecular weight is 346 g/mol. The molecule has 7 nitrogen and oxygen atoms in total. The average Bonchev–Trinajstić information content (AvgIpc) is 2.51. The Morgan fingerprint density at radius 1 is 1.25 bits per heavy atom. The van der Waals surface area contributed by atoms with E-state index in [4.69, 9.17) is 4.18 Å². The van der Waals surface area contributed by atoms with Gasteiger partial charge in [-0.25, -0.2) is 0 Å². The topological polar surface area (TPSA) is 96.2 Å². The Morgan fingerprint density at radius 2 is 1.96 bits per heavy atom. The number of fused-ring (bicyclic) bond motifs is 1. The third-order valence-corrected chi connectivity index (χ3v) is 4.62. The molecule has 0 saturated carbocycles. The summed E-state index contributed by atoms with van der Waals surface area (Å²) in [5.41, 5.74) is 2.50. The summed E-state index contributed by atoms with van der Waals surface area (Å²) in [4.78, 5) is 10.7. The lowest BCUT2D eigenvalue weighted by Crippen LogP contribution is -2.44. The molecule has 0 aliphatic carbocycles. The van der Waals surface area contributed by atoms with Gasteiger partial charge in [-0.05, 0) is 24.5 Å². The number of hydrogen-bond donors (Lipinski definition) is 0. The van der Waals surface area contributed by atoms with E-state index in [1.54, 1.807) is 18.5 Å². The van der Waals surface area contributed by atoms with Crippen LogP contribution in [0.1, 0.15) is 18.9 Å². The maximum absolute atomic E-state index is 11.4. The fourth-order valence-electron chi connectivity index (χ4n) is 3.20. The Bertz CT molecular complexity index is 907. The molecule has 0 amide bonds. The lowest BCUT2D eigenvalue weighted by Gasteiger charge is -2.37. The molecular formula is C16H18N4O3S. The van der Waals surface area contributed by atoms with E-state index in [1.165, 1.54) is 0 Å². The number of hydrogen-bond acceptors (Lipinski definition) is 7. The Kier molecular flexibility index (Phi) is 4.39. The minimum atomic E-state index is -3.50. The summed E-state index contributed by atoms with van der Waals surface area (Å²) in [6, 6.07) is 5.68. The summed E-state index contributed by atoms with van der Waals surface area (Å²) in [5.74, 6) is 0.271. The van der Waals surface area contributed by atoms with Crippen molar-refractivity contribution in [3.63, 3.8) is 0 Å². The molecule has 0 bridgehead atoms. The second-order valence-corrected chi connectivity index (χ2v) is 7.77. The van der Waals surface area contributed by atoms with Crippen molar-refractivity contribution < 1.29 is 12.6 Å². The van der Waals surface area contributed by atoms with Gasteiger partial charge in [0.15, 0.2) is 0 Å². The van der Waals surface area contributed by atoms with Crippen molar-refractivity contribution in [1.82, 2.24) is 9.97 Å². The second-order valence-electron chi connectivity index (χ2n) is 6.17. The lowest BCUT2D eigenvalue weighted by molar-refractivity contribution is 0.165. The van der Waals surface area contributed by atoms with E-state index >= 15 is 0 Å². The van der Waals surface area contributed by atoms with E-state index in [-0.39, 0.29) is 5.92 Å². The molecule has 1 aromatic carbocycles. The van der Waals surface area contributed by atoms with Crippen LogP contribution < -0.4 is 4.90 Å². The molecule has 0 radical (unpaired) electrons. The lowest BCUT2D eigenvalue weighted by atomic mass is 9.97. The van der Waals surface area contributed by atoms with Crippen molar-refractivity contribution in [3.8, 4) is 6.07 Å². The molecule has 1 saturated heterocycles. The van der Waals surface area contributed by atoms with Crippen LogP contribution in [0.15, 0.2) is 24.5 Å². The molecule has 126 valence electrons. The van der Waals surface area contributed by atoms with Gasteiger partial charge >= 0.3 is 0 Å². The van der Waals surface area contributed by atoms with Crippen LogP contribution in [-0.2, 0) is 14.3 Å². The normalized spacial score (nSPS) is 21.6. The number of aromatic nitrogens is 2. The van der Waals surface area contributed by atoms with Gasteiger partial charge in [-0.15, -0.1) is 0 Å². The van der Waals surface area contributed by atoms with Crippen LogP contribution in [0.4, 0.5) is 5.69 Å². The number of piperidine rings is 1. The molecule has 1 aliphatic heterocycles.